The van der Waals surface area contributed by atoms with Gasteiger partial charge in [-0.05, 0) is 55.5 Å². The van der Waals surface area contributed by atoms with Gasteiger partial charge in [0.1, 0.15) is 5.60 Å². The van der Waals surface area contributed by atoms with Crippen LogP contribution in [0.1, 0.15) is 37.1 Å². The molecule has 0 bridgehead atoms. The standard InChI is InChI=1S/C21H29N3OS/c1-3-22-19(23-15-20(2,25)18-10-7-13-26-18)24-16-21(11-12-21)14-17-8-5-4-6-9-17/h4-10,13,25H,3,11-12,14-16H2,1-2H3,(H2,22,23,24). The van der Waals surface area contributed by atoms with Gasteiger partial charge in [0.05, 0.1) is 6.54 Å². The topological polar surface area (TPSA) is 56.7 Å². The first kappa shape index (κ1) is 18.9. The van der Waals surface area contributed by atoms with E-state index in [9.17, 15) is 5.11 Å². The summed E-state index contributed by atoms with van der Waals surface area (Å²) in [6.07, 6.45) is 3.61. The molecule has 26 heavy (non-hydrogen) atoms. The molecule has 1 aliphatic carbocycles. The molecule has 1 unspecified atom stereocenters. The lowest BCUT2D eigenvalue weighted by Crippen LogP contribution is -2.41. The highest BCUT2D eigenvalue weighted by molar-refractivity contribution is 7.10. The number of guanidine groups is 1. The Morgan fingerprint density at radius 3 is 2.58 bits per heavy atom. The summed E-state index contributed by atoms with van der Waals surface area (Å²) in [6.45, 7) is 5.94. The van der Waals surface area contributed by atoms with Crippen molar-refractivity contribution in [2.24, 2.45) is 10.4 Å². The Labute approximate surface area is 160 Å². The van der Waals surface area contributed by atoms with E-state index in [2.05, 4.69) is 52.9 Å². The molecule has 140 valence electrons. The van der Waals surface area contributed by atoms with Crippen molar-refractivity contribution in [3.63, 3.8) is 0 Å². The van der Waals surface area contributed by atoms with Crippen LogP contribution in [-0.4, -0.2) is 30.7 Å². The Morgan fingerprint density at radius 2 is 1.96 bits per heavy atom. The highest BCUT2D eigenvalue weighted by Gasteiger charge is 2.42. The molecule has 0 saturated heterocycles. The number of benzene rings is 1. The Morgan fingerprint density at radius 1 is 1.19 bits per heavy atom. The van der Waals surface area contributed by atoms with Gasteiger partial charge < -0.3 is 15.7 Å². The van der Waals surface area contributed by atoms with E-state index in [1.165, 1.54) is 18.4 Å². The minimum absolute atomic E-state index is 0.341. The highest BCUT2D eigenvalue weighted by atomic mass is 32.1. The van der Waals surface area contributed by atoms with Gasteiger partial charge in [-0.15, -0.1) is 11.3 Å². The molecule has 1 aliphatic rings. The van der Waals surface area contributed by atoms with Crippen LogP contribution in [0.25, 0.3) is 0 Å². The van der Waals surface area contributed by atoms with Crippen LogP contribution >= 0.6 is 11.3 Å². The molecule has 1 heterocycles. The van der Waals surface area contributed by atoms with Crippen LogP contribution in [0.2, 0.25) is 0 Å². The summed E-state index contributed by atoms with van der Waals surface area (Å²) in [4.78, 5) is 5.57. The fourth-order valence-corrected chi connectivity index (χ4v) is 3.91. The molecule has 1 aromatic heterocycles. The zero-order valence-corrected chi connectivity index (χ0v) is 16.5. The molecule has 0 aliphatic heterocycles. The van der Waals surface area contributed by atoms with Crippen molar-refractivity contribution in [1.82, 2.24) is 10.6 Å². The van der Waals surface area contributed by atoms with Crippen molar-refractivity contribution in [3.8, 4) is 0 Å². The molecular formula is C21H29N3OS. The van der Waals surface area contributed by atoms with Crippen molar-refractivity contribution >= 4 is 17.3 Å². The van der Waals surface area contributed by atoms with Gasteiger partial charge in [-0.25, -0.2) is 4.99 Å². The van der Waals surface area contributed by atoms with Crippen LogP contribution in [-0.2, 0) is 12.0 Å². The maximum absolute atomic E-state index is 10.7. The van der Waals surface area contributed by atoms with E-state index < -0.39 is 5.60 Å². The van der Waals surface area contributed by atoms with Crippen molar-refractivity contribution < 1.29 is 5.11 Å². The first-order valence-electron chi connectivity index (χ1n) is 9.35. The first-order valence-corrected chi connectivity index (χ1v) is 10.2. The third-order valence-corrected chi connectivity index (χ3v) is 6.07. The Kier molecular flexibility index (Phi) is 5.99. The maximum Gasteiger partial charge on any atom is 0.191 e. The molecule has 1 fully saturated rings. The fraction of sp³-hybridized carbons (Fsp3) is 0.476. The maximum atomic E-state index is 10.7. The van der Waals surface area contributed by atoms with Gasteiger partial charge in [0.2, 0.25) is 0 Å². The summed E-state index contributed by atoms with van der Waals surface area (Å²) in [7, 11) is 0. The van der Waals surface area contributed by atoms with E-state index in [-0.39, 0.29) is 0 Å². The van der Waals surface area contributed by atoms with Gasteiger partial charge in [-0.3, -0.25) is 0 Å². The van der Waals surface area contributed by atoms with Crippen molar-refractivity contribution in [2.75, 3.05) is 19.6 Å². The highest BCUT2D eigenvalue weighted by Crippen LogP contribution is 2.47. The zero-order valence-electron chi connectivity index (χ0n) is 15.7. The molecule has 3 rings (SSSR count). The lowest BCUT2D eigenvalue weighted by Gasteiger charge is -2.22. The minimum atomic E-state index is -0.933. The number of hydrogen-bond donors (Lipinski definition) is 3. The summed E-state index contributed by atoms with van der Waals surface area (Å²) >= 11 is 1.56. The largest absolute Gasteiger partial charge is 0.383 e. The molecule has 1 atom stereocenters. The summed E-state index contributed by atoms with van der Waals surface area (Å²) in [5, 5.41) is 19.4. The number of nitrogens with zero attached hydrogens (tertiary/aromatic N) is 1. The molecule has 4 nitrogen and oxygen atoms in total. The number of hydrogen-bond acceptors (Lipinski definition) is 3. The first-order chi connectivity index (χ1) is 12.5. The van der Waals surface area contributed by atoms with E-state index in [1.54, 1.807) is 11.3 Å². The molecule has 1 aromatic carbocycles. The Hall–Kier alpha value is -1.85. The summed E-state index contributed by atoms with van der Waals surface area (Å²) in [5.74, 6) is 0.781. The SMILES string of the molecule is CCNC(=NCC(C)(O)c1cccs1)NCC1(Cc2ccccc2)CC1. The van der Waals surface area contributed by atoms with Crippen LogP contribution < -0.4 is 10.6 Å². The molecular weight excluding hydrogens is 342 g/mol. The second kappa shape index (κ2) is 8.23. The smallest absolute Gasteiger partial charge is 0.191 e. The summed E-state index contributed by atoms with van der Waals surface area (Å²) in [6, 6.07) is 14.6. The van der Waals surface area contributed by atoms with Gasteiger partial charge in [0.15, 0.2) is 5.96 Å². The molecule has 3 N–H and O–H groups in total. The zero-order chi connectivity index (χ0) is 18.5. The van der Waals surface area contributed by atoms with E-state index in [0.29, 0.717) is 12.0 Å². The lowest BCUT2D eigenvalue weighted by atomic mass is 9.96. The lowest BCUT2D eigenvalue weighted by molar-refractivity contribution is 0.0711. The van der Waals surface area contributed by atoms with Crippen LogP contribution in [0.15, 0.2) is 52.8 Å². The third kappa shape index (κ3) is 5.08. The summed E-state index contributed by atoms with van der Waals surface area (Å²) in [5.41, 5.74) is 0.806. The van der Waals surface area contributed by atoms with Gasteiger partial charge in [-0.2, -0.15) is 0 Å². The van der Waals surface area contributed by atoms with E-state index in [1.807, 2.05) is 24.4 Å². The predicted octanol–water partition coefficient (Wildman–Crippen LogP) is 3.53. The van der Waals surface area contributed by atoms with Gasteiger partial charge in [-0.1, -0.05) is 36.4 Å². The van der Waals surface area contributed by atoms with Crippen molar-refractivity contribution in [3.05, 3.63) is 58.3 Å². The van der Waals surface area contributed by atoms with Crippen LogP contribution in [0, 0.1) is 5.41 Å². The number of aliphatic imine (C=N–C) groups is 1. The van der Waals surface area contributed by atoms with Gasteiger partial charge in [0.25, 0.3) is 0 Å². The molecule has 0 amide bonds. The van der Waals surface area contributed by atoms with E-state index >= 15 is 0 Å². The molecule has 2 aromatic rings. The number of rotatable bonds is 8. The number of thiophene rings is 1. The average molecular weight is 372 g/mol. The van der Waals surface area contributed by atoms with Crippen LogP contribution in [0.4, 0.5) is 0 Å². The predicted molar refractivity (Wildman–Crippen MR) is 110 cm³/mol. The number of nitrogens with one attached hydrogen (secondary N) is 2. The van der Waals surface area contributed by atoms with Crippen LogP contribution in [0.5, 0.6) is 0 Å². The normalized spacial score (nSPS) is 18.2. The second-order valence-electron chi connectivity index (χ2n) is 7.46. The Bertz CT molecular complexity index is 706. The minimum Gasteiger partial charge on any atom is -0.383 e. The summed E-state index contributed by atoms with van der Waals surface area (Å²) < 4.78 is 0. The van der Waals surface area contributed by atoms with Crippen molar-refractivity contribution in [1.29, 1.82) is 0 Å². The van der Waals surface area contributed by atoms with Gasteiger partial charge >= 0.3 is 0 Å². The molecule has 1 saturated carbocycles. The van der Waals surface area contributed by atoms with Crippen molar-refractivity contribution in [2.45, 2.75) is 38.7 Å². The fourth-order valence-electron chi connectivity index (χ4n) is 3.13. The third-order valence-electron chi connectivity index (χ3n) is 4.95. The van der Waals surface area contributed by atoms with E-state index in [4.69, 9.17) is 0 Å². The van der Waals surface area contributed by atoms with Gasteiger partial charge in [0, 0.05) is 18.0 Å². The number of aliphatic hydroxyl groups is 1. The van der Waals surface area contributed by atoms with E-state index in [0.717, 1.165) is 30.3 Å². The molecule has 5 heteroatoms. The Balaban J connectivity index is 1.58. The monoisotopic (exact) mass is 371 g/mol. The molecule has 0 spiro atoms. The van der Waals surface area contributed by atoms with Crippen LogP contribution in [0.3, 0.4) is 0 Å². The molecule has 0 radical (unpaired) electrons. The average Bonchev–Trinajstić information content (AvgIpc) is 3.16. The second-order valence-corrected chi connectivity index (χ2v) is 8.41. The quantitative estimate of drug-likeness (QED) is 0.491.